The minimum Gasteiger partial charge on any atom is -0.496 e. The molecule has 0 bridgehead atoms. The summed E-state index contributed by atoms with van der Waals surface area (Å²) in [5.74, 6) is 0.921. The summed E-state index contributed by atoms with van der Waals surface area (Å²) in [6, 6.07) is 18.5. The highest BCUT2D eigenvalue weighted by Crippen LogP contribution is 2.33. The van der Waals surface area contributed by atoms with Crippen LogP contribution >= 0.6 is 0 Å². The predicted molar refractivity (Wildman–Crippen MR) is 111 cm³/mol. The summed E-state index contributed by atoms with van der Waals surface area (Å²) in [6.07, 6.45) is 4.86. The Kier molecular flexibility index (Phi) is 4.98. The van der Waals surface area contributed by atoms with Gasteiger partial charge in [-0.05, 0) is 25.0 Å². The van der Waals surface area contributed by atoms with E-state index in [0.29, 0.717) is 0 Å². The number of rotatable bonds is 6. The molecule has 4 aromatic rings. The number of methoxy groups -OCH3 is 1. The van der Waals surface area contributed by atoms with E-state index in [1.54, 1.807) is 7.11 Å². The molecule has 0 amide bonds. The van der Waals surface area contributed by atoms with Gasteiger partial charge in [0.1, 0.15) is 5.75 Å². The van der Waals surface area contributed by atoms with Gasteiger partial charge >= 0.3 is 0 Å². The first-order valence-electron chi connectivity index (χ1n) is 9.40. The van der Waals surface area contributed by atoms with Crippen LogP contribution in [0.4, 0.5) is 0 Å². The third-order valence-corrected chi connectivity index (χ3v) is 4.97. The van der Waals surface area contributed by atoms with Crippen molar-refractivity contribution in [3.8, 4) is 28.3 Å². The molecule has 0 aliphatic carbocycles. The average Bonchev–Trinajstić information content (AvgIpc) is 3.29. The van der Waals surface area contributed by atoms with Gasteiger partial charge in [-0.2, -0.15) is 5.10 Å². The topological polar surface area (TPSA) is 44.9 Å². The van der Waals surface area contributed by atoms with Crippen molar-refractivity contribution in [3.63, 3.8) is 0 Å². The van der Waals surface area contributed by atoms with E-state index in [0.717, 1.165) is 46.9 Å². The number of nitrogens with zero attached hydrogens (tertiary/aromatic N) is 4. The molecule has 28 heavy (non-hydrogen) atoms. The predicted octanol–water partition coefficient (Wildman–Crippen LogP) is 4.51. The molecule has 2 aromatic carbocycles. The summed E-state index contributed by atoms with van der Waals surface area (Å²) in [6.45, 7) is 2.85. The molecule has 0 radical (unpaired) electrons. The highest BCUT2D eigenvalue weighted by Gasteiger charge is 2.19. The van der Waals surface area contributed by atoms with Crippen LogP contribution in [0.15, 0.2) is 67.1 Å². The van der Waals surface area contributed by atoms with Crippen molar-refractivity contribution in [1.29, 1.82) is 0 Å². The van der Waals surface area contributed by atoms with Crippen molar-refractivity contribution < 1.29 is 4.74 Å². The van der Waals surface area contributed by atoms with Crippen LogP contribution in [0.3, 0.4) is 0 Å². The number of imidazole rings is 1. The summed E-state index contributed by atoms with van der Waals surface area (Å²) < 4.78 is 9.59. The van der Waals surface area contributed by atoms with Crippen molar-refractivity contribution in [2.24, 2.45) is 7.05 Å². The zero-order chi connectivity index (χ0) is 19.5. The average molecular weight is 372 g/mol. The SMILES string of the molecule is COc1ccccc1CCn1cnc(-c2ccccc2)c1-c1cn(C)nc1C. The quantitative estimate of drug-likeness (QED) is 0.500. The first kappa shape index (κ1) is 18.0. The molecule has 5 heteroatoms. The van der Waals surface area contributed by atoms with Gasteiger partial charge < -0.3 is 9.30 Å². The Balaban J connectivity index is 1.75. The monoisotopic (exact) mass is 372 g/mol. The highest BCUT2D eigenvalue weighted by molar-refractivity contribution is 5.79. The normalized spacial score (nSPS) is 11.0. The Hall–Kier alpha value is -3.34. The summed E-state index contributed by atoms with van der Waals surface area (Å²) >= 11 is 0. The van der Waals surface area contributed by atoms with Crippen molar-refractivity contribution >= 4 is 0 Å². The maximum atomic E-state index is 5.51. The minimum atomic E-state index is 0.809. The number of aromatic nitrogens is 4. The lowest BCUT2D eigenvalue weighted by molar-refractivity contribution is 0.408. The molecule has 0 unspecified atom stereocenters. The zero-order valence-corrected chi connectivity index (χ0v) is 16.5. The second-order valence-electron chi connectivity index (χ2n) is 6.86. The van der Waals surface area contributed by atoms with Crippen LogP contribution in [0, 0.1) is 6.92 Å². The van der Waals surface area contributed by atoms with E-state index < -0.39 is 0 Å². The van der Waals surface area contributed by atoms with Crippen molar-refractivity contribution in [3.05, 3.63) is 78.4 Å². The molecular formula is C23H24N4O. The van der Waals surface area contributed by atoms with Gasteiger partial charge in [-0.1, -0.05) is 48.5 Å². The molecule has 0 N–H and O–H groups in total. The number of para-hydroxylation sites is 1. The van der Waals surface area contributed by atoms with Gasteiger partial charge in [-0.15, -0.1) is 0 Å². The lowest BCUT2D eigenvalue weighted by atomic mass is 10.0. The minimum absolute atomic E-state index is 0.809. The Morgan fingerprint density at radius 1 is 1.00 bits per heavy atom. The fraction of sp³-hybridized carbons (Fsp3) is 0.217. The van der Waals surface area contributed by atoms with E-state index in [1.807, 2.05) is 61.4 Å². The number of hydrogen-bond donors (Lipinski definition) is 0. The van der Waals surface area contributed by atoms with Crippen LogP contribution in [0.1, 0.15) is 11.3 Å². The number of hydrogen-bond acceptors (Lipinski definition) is 3. The Morgan fingerprint density at radius 3 is 2.46 bits per heavy atom. The van der Waals surface area contributed by atoms with Gasteiger partial charge in [0.05, 0.1) is 30.5 Å². The number of ether oxygens (including phenoxy) is 1. The van der Waals surface area contributed by atoms with Gasteiger partial charge in [0.15, 0.2) is 0 Å². The molecule has 4 rings (SSSR count). The van der Waals surface area contributed by atoms with Crippen LogP contribution in [0.25, 0.3) is 22.5 Å². The summed E-state index contributed by atoms with van der Waals surface area (Å²) in [4.78, 5) is 4.76. The van der Waals surface area contributed by atoms with E-state index in [4.69, 9.17) is 9.72 Å². The third-order valence-electron chi connectivity index (χ3n) is 4.97. The Bertz CT molecular complexity index is 1080. The zero-order valence-electron chi connectivity index (χ0n) is 16.5. The molecule has 5 nitrogen and oxygen atoms in total. The highest BCUT2D eigenvalue weighted by atomic mass is 16.5. The number of aryl methyl sites for hydroxylation is 4. The van der Waals surface area contributed by atoms with Crippen molar-refractivity contribution in [2.45, 2.75) is 19.9 Å². The van der Waals surface area contributed by atoms with Gasteiger partial charge in [0.2, 0.25) is 0 Å². The van der Waals surface area contributed by atoms with E-state index in [1.165, 1.54) is 5.56 Å². The van der Waals surface area contributed by atoms with Gasteiger partial charge in [0, 0.05) is 30.9 Å². The van der Waals surface area contributed by atoms with Crippen molar-refractivity contribution in [2.75, 3.05) is 7.11 Å². The fourth-order valence-electron chi connectivity index (χ4n) is 3.62. The molecule has 0 saturated carbocycles. The van der Waals surface area contributed by atoms with Crippen LogP contribution < -0.4 is 4.74 Å². The van der Waals surface area contributed by atoms with Gasteiger partial charge in [-0.25, -0.2) is 4.98 Å². The summed E-state index contributed by atoms with van der Waals surface area (Å²) in [5.41, 5.74) is 6.49. The lowest BCUT2D eigenvalue weighted by Crippen LogP contribution is -2.04. The van der Waals surface area contributed by atoms with E-state index in [-0.39, 0.29) is 0 Å². The molecule has 0 fully saturated rings. The molecule has 0 aliphatic heterocycles. The molecule has 0 spiro atoms. The van der Waals surface area contributed by atoms with E-state index >= 15 is 0 Å². The van der Waals surface area contributed by atoms with Crippen LogP contribution in [-0.4, -0.2) is 26.4 Å². The lowest BCUT2D eigenvalue weighted by Gasteiger charge is -2.12. The van der Waals surface area contributed by atoms with Crippen LogP contribution in [0.5, 0.6) is 5.75 Å². The van der Waals surface area contributed by atoms with Gasteiger partial charge in [-0.3, -0.25) is 4.68 Å². The maximum Gasteiger partial charge on any atom is 0.122 e. The van der Waals surface area contributed by atoms with Crippen LogP contribution in [-0.2, 0) is 20.0 Å². The van der Waals surface area contributed by atoms with Crippen LogP contribution in [0.2, 0.25) is 0 Å². The second-order valence-corrected chi connectivity index (χ2v) is 6.86. The first-order valence-corrected chi connectivity index (χ1v) is 9.40. The molecule has 0 aliphatic rings. The third kappa shape index (κ3) is 3.43. The standard InChI is InChI=1S/C23H24N4O/c1-17-20(15-26(2)25-17)23-22(19-10-5-4-6-11-19)24-16-27(23)14-13-18-9-7-8-12-21(18)28-3/h4-12,15-16H,13-14H2,1-3H3. The Morgan fingerprint density at radius 2 is 1.75 bits per heavy atom. The first-order chi connectivity index (χ1) is 13.7. The fourth-order valence-corrected chi connectivity index (χ4v) is 3.62. The smallest absolute Gasteiger partial charge is 0.122 e. The van der Waals surface area contributed by atoms with E-state index in [2.05, 4.69) is 34.1 Å². The molecule has 142 valence electrons. The maximum absolute atomic E-state index is 5.51. The largest absolute Gasteiger partial charge is 0.496 e. The number of benzene rings is 2. The van der Waals surface area contributed by atoms with E-state index in [9.17, 15) is 0 Å². The van der Waals surface area contributed by atoms with Gasteiger partial charge in [0.25, 0.3) is 0 Å². The summed E-state index contributed by atoms with van der Waals surface area (Å²) in [5, 5.41) is 4.54. The molecule has 0 atom stereocenters. The molecule has 2 heterocycles. The Labute approximate surface area is 165 Å². The molecule has 2 aromatic heterocycles. The van der Waals surface area contributed by atoms with Crippen molar-refractivity contribution in [1.82, 2.24) is 19.3 Å². The molecule has 0 saturated heterocycles. The summed E-state index contributed by atoms with van der Waals surface area (Å²) in [7, 11) is 3.67. The second kappa shape index (κ2) is 7.72. The molecular weight excluding hydrogens is 348 g/mol.